The highest BCUT2D eigenvalue weighted by Crippen LogP contribution is 2.44. The van der Waals surface area contributed by atoms with Gasteiger partial charge in [-0.3, -0.25) is 0 Å². The molecule has 2 saturated carbocycles. The number of rotatable bonds is 14. The Morgan fingerprint density at radius 2 is 1.26 bits per heavy atom. The van der Waals surface area contributed by atoms with Crippen molar-refractivity contribution in [2.45, 2.75) is 135 Å². The topological polar surface area (TPSA) is 26.3 Å². The van der Waals surface area contributed by atoms with E-state index in [0.717, 1.165) is 24.2 Å². The molecular weight excluding hydrogens is 416 g/mol. The number of carbonyl (C=O) groups excluding carboxylic acids is 1. The number of hydrogen-bond donors (Lipinski definition) is 0. The lowest BCUT2D eigenvalue weighted by molar-refractivity contribution is 0.0497. The predicted octanol–water partition coefficient (Wildman–Crippen LogP) is 9.86. The minimum Gasteiger partial charge on any atom is -0.462 e. The van der Waals surface area contributed by atoms with Gasteiger partial charge in [0.05, 0.1) is 12.2 Å². The highest BCUT2D eigenvalue weighted by Gasteiger charge is 2.31. The molecule has 0 spiro atoms. The van der Waals surface area contributed by atoms with Gasteiger partial charge in [0.2, 0.25) is 0 Å². The summed E-state index contributed by atoms with van der Waals surface area (Å²) in [6.45, 7) is 5.15. The van der Waals surface area contributed by atoms with E-state index in [9.17, 15) is 4.79 Å². The zero-order valence-corrected chi connectivity index (χ0v) is 22.4. The first-order valence-corrected chi connectivity index (χ1v) is 15.0. The van der Waals surface area contributed by atoms with E-state index in [2.05, 4.69) is 26.0 Å². The van der Waals surface area contributed by atoms with Gasteiger partial charge in [-0.15, -0.1) is 0 Å². The molecule has 2 fully saturated rings. The molecule has 0 unspecified atom stereocenters. The van der Waals surface area contributed by atoms with Gasteiger partial charge in [-0.1, -0.05) is 96.6 Å². The standard InChI is InChI=1S/C32H52O2/c1-3-5-6-7-8-9-10-11-25-34-32(33)31-23-21-30(22-24-31)29-19-17-28(18-20-29)27-15-13-26(12-4-2)14-16-27/h21-24,26-29H,3-20,25H2,1-2H3/t26-,27-,28-,29-. The Morgan fingerprint density at radius 1 is 0.706 bits per heavy atom. The van der Waals surface area contributed by atoms with Crippen LogP contribution in [0.25, 0.3) is 0 Å². The maximum atomic E-state index is 12.4. The molecule has 1 aromatic carbocycles. The highest BCUT2D eigenvalue weighted by molar-refractivity contribution is 5.89. The first-order chi connectivity index (χ1) is 16.7. The quantitative estimate of drug-likeness (QED) is 0.200. The maximum absolute atomic E-state index is 12.4. The second kappa shape index (κ2) is 15.6. The van der Waals surface area contributed by atoms with Gasteiger partial charge in [0.1, 0.15) is 0 Å². The normalized spacial score (nSPS) is 25.2. The summed E-state index contributed by atoms with van der Waals surface area (Å²) in [5.74, 6) is 3.49. The molecule has 2 aliphatic carbocycles. The van der Waals surface area contributed by atoms with Gasteiger partial charge in [-0.25, -0.2) is 4.79 Å². The smallest absolute Gasteiger partial charge is 0.338 e. The van der Waals surface area contributed by atoms with E-state index in [1.807, 2.05) is 12.1 Å². The van der Waals surface area contributed by atoms with E-state index in [-0.39, 0.29) is 5.97 Å². The van der Waals surface area contributed by atoms with Crippen LogP contribution >= 0.6 is 0 Å². The third-order valence-electron chi connectivity index (χ3n) is 8.88. The van der Waals surface area contributed by atoms with Gasteiger partial charge in [-0.05, 0) is 86.3 Å². The number of ether oxygens (including phenoxy) is 1. The van der Waals surface area contributed by atoms with Gasteiger partial charge in [0.25, 0.3) is 0 Å². The van der Waals surface area contributed by atoms with E-state index in [1.165, 1.54) is 115 Å². The van der Waals surface area contributed by atoms with Crippen molar-refractivity contribution in [3.63, 3.8) is 0 Å². The van der Waals surface area contributed by atoms with Crippen LogP contribution in [0.3, 0.4) is 0 Å². The third-order valence-corrected chi connectivity index (χ3v) is 8.88. The van der Waals surface area contributed by atoms with E-state index in [1.54, 1.807) is 0 Å². The Labute approximate surface area is 210 Å². The van der Waals surface area contributed by atoms with E-state index in [4.69, 9.17) is 4.74 Å². The van der Waals surface area contributed by atoms with Crippen molar-refractivity contribution in [1.82, 2.24) is 0 Å². The van der Waals surface area contributed by atoms with Crippen LogP contribution in [-0.4, -0.2) is 12.6 Å². The fraction of sp³-hybridized carbons (Fsp3) is 0.781. The molecule has 0 N–H and O–H groups in total. The minimum atomic E-state index is -0.156. The third kappa shape index (κ3) is 9.04. The molecule has 0 saturated heterocycles. The first-order valence-electron chi connectivity index (χ1n) is 15.0. The summed E-state index contributed by atoms with van der Waals surface area (Å²) in [7, 11) is 0. The van der Waals surface area contributed by atoms with Gasteiger partial charge >= 0.3 is 5.97 Å². The van der Waals surface area contributed by atoms with Crippen LogP contribution in [0, 0.1) is 17.8 Å². The number of benzene rings is 1. The molecule has 3 rings (SSSR count). The lowest BCUT2D eigenvalue weighted by Gasteiger charge is -2.38. The Hall–Kier alpha value is -1.31. The molecule has 2 aliphatic rings. The van der Waals surface area contributed by atoms with Crippen LogP contribution < -0.4 is 0 Å². The van der Waals surface area contributed by atoms with Crippen LogP contribution in [0.4, 0.5) is 0 Å². The van der Waals surface area contributed by atoms with Gasteiger partial charge in [-0.2, -0.15) is 0 Å². The van der Waals surface area contributed by atoms with E-state index >= 15 is 0 Å². The van der Waals surface area contributed by atoms with Crippen LogP contribution in [-0.2, 0) is 4.74 Å². The van der Waals surface area contributed by atoms with Crippen LogP contribution in [0.2, 0.25) is 0 Å². The van der Waals surface area contributed by atoms with Crippen molar-refractivity contribution in [3.8, 4) is 0 Å². The zero-order valence-electron chi connectivity index (χ0n) is 22.4. The monoisotopic (exact) mass is 468 g/mol. The van der Waals surface area contributed by atoms with Crippen LogP contribution in [0.1, 0.15) is 151 Å². The van der Waals surface area contributed by atoms with Crippen molar-refractivity contribution in [2.75, 3.05) is 6.61 Å². The molecule has 0 atom stereocenters. The van der Waals surface area contributed by atoms with Crippen molar-refractivity contribution < 1.29 is 9.53 Å². The summed E-state index contributed by atoms with van der Waals surface area (Å²) >= 11 is 0. The summed E-state index contributed by atoms with van der Waals surface area (Å²) in [6.07, 6.45) is 24.3. The fourth-order valence-electron chi connectivity index (χ4n) is 6.66. The van der Waals surface area contributed by atoms with E-state index < -0.39 is 0 Å². The Kier molecular flexibility index (Phi) is 12.5. The number of esters is 1. The highest BCUT2D eigenvalue weighted by atomic mass is 16.5. The molecule has 0 radical (unpaired) electrons. The van der Waals surface area contributed by atoms with Gasteiger partial charge in [0, 0.05) is 0 Å². The molecule has 0 amide bonds. The van der Waals surface area contributed by atoms with Crippen molar-refractivity contribution in [2.24, 2.45) is 17.8 Å². The van der Waals surface area contributed by atoms with Crippen molar-refractivity contribution in [1.29, 1.82) is 0 Å². The molecular formula is C32H52O2. The first kappa shape index (κ1) is 27.3. The van der Waals surface area contributed by atoms with Crippen LogP contribution in [0.15, 0.2) is 24.3 Å². The minimum absolute atomic E-state index is 0.156. The van der Waals surface area contributed by atoms with E-state index in [0.29, 0.717) is 18.1 Å². The number of hydrogen-bond acceptors (Lipinski definition) is 2. The molecule has 0 aromatic heterocycles. The molecule has 34 heavy (non-hydrogen) atoms. The van der Waals surface area contributed by atoms with Crippen LogP contribution in [0.5, 0.6) is 0 Å². The summed E-state index contributed by atoms with van der Waals surface area (Å²) in [5.41, 5.74) is 2.13. The Bertz CT molecular complexity index is 663. The zero-order chi connectivity index (χ0) is 24.0. The van der Waals surface area contributed by atoms with Crippen molar-refractivity contribution >= 4 is 5.97 Å². The average molecular weight is 469 g/mol. The SMILES string of the molecule is CCCCCCCCCCOC(=O)c1ccc([C@H]2CC[C@H]([C@H]3CC[C@H](CCC)CC3)CC2)cc1. The predicted molar refractivity (Wildman–Crippen MR) is 144 cm³/mol. The molecule has 192 valence electrons. The summed E-state index contributed by atoms with van der Waals surface area (Å²) in [6, 6.07) is 8.36. The number of unbranched alkanes of at least 4 members (excludes halogenated alkanes) is 7. The number of carbonyl (C=O) groups is 1. The molecule has 0 bridgehead atoms. The second-order valence-corrected chi connectivity index (χ2v) is 11.4. The van der Waals surface area contributed by atoms with Gasteiger partial charge < -0.3 is 4.74 Å². The maximum Gasteiger partial charge on any atom is 0.338 e. The lowest BCUT2D eigenvalue weighted by Crippen LogP contribution is -2.25. The largest absolute Gasteiger partial charge is 0.462 e. The second-order valence-electron chi connectivity index (χ2n) is 11.4. The summed E-state index contributed by atoms with van der Waals surface area (Å²) < 4.78 is 5.52. The fourth-order valence-corrected chi connectivity index (χ4v) is 6.66. The molecule has 1 aromatic rings. The summed E-state index contributed by atoms with van der Waals surface area (Å²) in [4.78, 5) is 12.4. The molecule has 0 aliphatic heterocycles. The molecule has 2 heteroatoms. The Balaban J connectivity index is 1.30. The van der Waals surface area contributed by atoms with Gasteiger partial charge in [0.15, 0.2) is 0 Å². The lowest BCUT2D eigenvalue weighted by atomic mass is 9.68. The molecule has 0 heterocycles. The Morgan fingerprint density at radius 3 is 1.85 bits per heavy atom. The summed E-state index contributed by atoms with van der Waals surface area (Å²) in [5, 5.41) is 0. The molecule has 2 nitrogen and oxygen atoms in total. The average Bonchev–Trinajstić information content (AvgIpc) is 2.88. The van der Waals surface area contributed by atoms with Crippen molar-refractivity contribution in [3.05, 3.63) is 35.4 Å².